The Kier molecular flexibility index (Phi) is 10.4. The second-order valence-electron chi connectivity index (χ2n) is 4.10. The summed E-state index contributed by atoms with van der Waals surface area (Å²) in [5, 5.41) is 0.714. The van der Waals surface area contributed by atoms with E-state index in [9.17, 15) is 0 Å². The lowest BCUT2D eigenvalue weighted by Crippen LogP contribution is -2.28. The van der Waals surface area contributed by atoms with Crippen LogP contribution in [0.15, 0.2) is 12.2 Å². The number of unbranched alkanes of at least 4 members (excludes halogenated alkanes) is 1. The third-order valence-electron chi connectivity index (χ3n) is 2.23. The maximum Gasteiger partial charge on any atom is 0.167 e. The molecule has 0 saturated carbocycles. The van der Waals surface area contributed by atoms with Crippen LogP contribution in [0.3, 0.4) is 0 Å². The fourth-order valence-corrected chi connectivity index (χ4v) is 1.64. The van der Waals surface area contributed by atoms with Crippen LogP contribution >= 0.6 is 15.9 Å². The maximum atomic E-state index is 5.89. The van der Waals surface area contributed by atoms with Crippen molar-refractivity contribution in [2.45, 2.75) is 52.9 Å². The number of alkyl halides is 1. The number of hydrogen-bond acceptors (Lipinski definition) is 2. The highest BCUT2D eigenvalue weighted by Gasteiger charge is 2.16. The number of hydrogen-bond donors (Lipinski definition) is 0. The van der Waals surface area contributed by atoms with Gasteiger partial charge in [0.05, 0.1) is 11.4 Å². The van der Waals surface area contributed by atoms with Gasteiger partial charge in [-0.05, 0) is 19.3 Å². The van der Waals surface area contributed by atoms with E-state index in [-0.39, 0.29) is 12.4 Å². The first-order chi connectivity index (χ1) is 7.65. The van der Waals surface area contributed by atoms with E-state index in [0.29, 0.717) is 17.9 Å². The van der Waals surface area contributed by atoms with Gasteiger partial charge in [-0.1, -0.05) is 55.3 Å². The zero-order valence-electron chi connectivity index (χ0n) is 10.9. The molecule has 0 heterocycles. The van der Waals surface area contributed by atoms with Crippen LogP contribution in [-0.2, 0) is 9.47 Å². The summed E-state index contributed by atoms with van der Waals surface area (Å²) in [5.74, 6) is 0.468. The molecule has 0 aromatic rings. The van der Waals surface area contributed by atoms with Crippen LogP contribution in [0, 0.1) is 5.92 Å². The zero-order valence-corrected chi connectivity index (χ0v) is 12.5. The predicted octanol–water partition coefficient (Wildman–Crippen LogP) is 4.14. The van der Waals surface area contributed by atoms with Crippen molar-refractivity contribution in [2.24, 2.45) is 5.92 Å². The molecule has 0 radical (unpaired) electrons. The molecule has 0 N–H and O–H groups in total. The van der Waals surface area contributed by atoms with E-state index >= 15 is 0 Å². The first-order valence-corrected chi connectivity index (χ1v) is 7.27. The standard InChI is InChI=1S/C13H25BrO2/c1-5-7-8-9-12(11(3)4)16-13(10-14)15-6-2/h8-9,11-13H,5-7,10H2,1-4H3/b9-8+. The van der Waals surface area contributed by atoms with Crippen LogP contribution in [0.25, 0.3) is 0 Å². The molecule has 0 aliphatic rings. The molecule has 16 heavy (non-hydrogen) atoms. The van der Waals surface area contributed by atoms with Gasteiger partial charge in [-0.25, -0.2) is 0 Å². The SMILES string of the molecule is CCC/C=C/C(OC(CBr)OCC)C(C)C. The second-order valence-corrected chi connectivity index (χ2v) is 4.75. The van der Waals surface area contributed by atoms with Gasteiger partial charge >= 0.3 is 0 Å². The Labute approximate surface area is 109 Å². The molecular weight excluding hydrogens is 268 g/mol. The maximum absolute atomic E-state index is 5.89. The van der Waals surface area contributed by atoms with Gasteiger partial charge in [-0.2, -0.15) is 0 Å². The smallest absolute Gasteiger partial charge is 0.167 e. The number of ether oxygens (including phenoxy) is 2. The minimum absolute atomic E-state index is 0.139. The van der Waals surface area contributed by atoms with Crippen LogP contribution in [0.5, 0.6) is 0 Å². The van der Waals surface area contributed by atoms with Crippen molar-refractivity contribution >= 4 is 15.9 Å². The van der Waals surface area contributed by atoms with Crippen LogP contribution in [-0.4, -0.2) is 24.3 Å². The van der Waals surface area contributed by atoms with Crippen molar-refractivity contribution in [3.63, 3.8) is 0 Å². The minimum Gasteiger partial charge on any atom is -0.352 e. The minimum atomic E-state index is -0.149. The summed E-state index contributed by atoms with van der Waals surface area (Å²) in [6.07, 6.45) is 6.63. The van der Waals surface area contributed by atoms with Crippen LogP contribution in [0.4, 0.5) is 0 Å². The van der Waals surface area contributed by atoms with E-state index in [0.717, 1.165) is 6.42 Å². The molecule has 0 spiro atoms. The summed E-state index contributed by atoms with van der Waals surface area (Å²) in [7, 11) is 0. The zero-order chi connectivity index (χ0) is 12.4. The van der Waals surface area contributed by atoms with E-state index in [1.807, 2.05) is 6.92 Å². The highest BCUT2D eigenvalue weighted by molar-refractivity contribution is 9.09. The Morgan fingerprint density at radius 1 is 1.25 bits per heavy atom. The topological polar surface area (TPSA) is 18.5 Å². The molecule has 0 fully saturated rings. The number of allylic oxidation sites excluding steroid dienone is 1. The summed E-state index contributed by atoms with van der Waals surface area (Å²) < 4.78 is 11.4. The van der Waals surface area contributed by atoms with Crippen LogP contribution in [0.2, 0.25) is 0 Å². The van der Waals surface area contributed by atoms with Crippen molar-refractivity contribution in [1.82, 2.24) is 0 Å². The second kappa shape index (κ2) is 10.3. The Balaban J connectivity index is 4.19. The highest BCUT2D eigenvalue weighted by Crippen LogP contribution is 2.13. The van der Waals surface area contributed by atoms with Crippen LogP contribution in [0.1, 0.15) is 40.5 Å². The Morgan fingerprint density at radius 3 is 2.38 bits per heavy atom. The normalized spacial score (nSPS) is 15.9. The van der Waals surface area contributed by atoms with Gasteiger partial charge in [-0.3, -0.25) is 0 Å². The average molecular weight is 293 g/mol. The Hall–Kier alpha value is 0.140. The first kappa shape index (κ1) is 16.1. The summed E-state index contributed by atoms with van der Waals surface area (Å²) in [4.78, 5) is 0. The van der Waals surface area contributed by atoms with Crippen molar-refractivity contribution in [2.75, 3.05) is 11.9 Å². The molecular formula is C13H25BrO2. The Bertz CT molecular complexity index is 181. The van der Waals surface area contributed by atoms with E-state index in [4.69, 9.17) is 9.47 Å². The summed E-state index contributed by atoms with van der Waals surface area (Å²) in [5.41, 5.74) is 0. The number of halogens is 1. The lowest BCUT2D eigenvalue weighted by Gasteiger charge is -2.24. The molecule has 2 nitrogen and oxygen atoms in total. The van der Waals surface area contributed by atoms with Crippen LogP contribution < -0.4 is 0 Å². The predicted molar refractivity (Wildman–Crippen MR) is 73.0 cm³/mol. The molecule has 2 unspecified atom stereocenters. The van der Waals surface area contributed by atoms with Gasteiger partial charge in [0, 0.05) is 6.61 Å². The monoisotopic (exact) mass is 292 g/mol. The molecule has 0 aliphatic heterocycles. The van der Waals surface area contributed by atoms with Crippen molar-refractivity contribution in [1.29, 1.82) is 0 Å². The lowest BCUT2D eigenvalue weighted by molar-refractivity contribution is -0.150. The fourth-order valence-electron chi connectivity index (χ4n) is 1.30. The molecule has 0 aromatic heterocycles. The van der Waals surface area contributed by atoms with E-state index in [1.54, 1.807) is 0 Å². The third kappa shape index (κ3) is 7.42. The summed E-state index contributed by atoms with van der Waals surface area (Å²) in [6.45, 7) is 9.17. The van der Waals surface area contributed by atoms with Crippen molar-refractivity contribution < 1.29 is 9.47 Å². The molecule has 0 rings (SSSR count). The molecule has 0 saturated heterocycles. The quantitative estimate of drug-likeness (QED) is 0.361. The average Bonchev–Trinajstić information content (AvgIpc) is 2.26. The number of rotatable bonds is 9. The fraction of sp³-hybridized carbons (Fsp3) is 0.846. The molecule has 0 aliphatic carbocycles. The van der Waals surface area contributed by atoms with E-state index < -0.39 is 0 Å². The van der Waals surface area contributed by atoms with Gasteiger partial charge in [-0.15, -0.1) is 0 Å². The third-order valence-corrected chi connectivity index (χ3v) is 2.75. The summed E-state index contributed by atoms with van der Waals surface area (Å²) >= 11 is 3.40. The first-order valence-electron chi connectivity index (χ1n) is 6.15. The largest absolute Gasteiger partial charge is 0.352 e. The molecule has 0 amide bonds. The van der Waals surface area contributed by atoms with E-state index in [2.05, 4.69) is 48.9 Å². The van der Waals surface area contributed by atoms with Gasteiger partial charge < -0.3 is 9.47 Å². The van der Waals surface area contributed by atoms with Crippen molar-refractivity contribution in [3.05, 3.63) is 12.2 Å². The summed E-state index contributed by atoms with van der Waals surface area (Å²) in [6, 6.07) is 0. The van der Waals surface area contributed by atoms with Gasteiger partial charge in [0.1, 0.15) is 0 Å². The molecule has 2 atom stereocenters. The molecule has 3 heteroatoms. The highest BCUT2D eigenvalue weighted by atomic mass is 79.9. The Morgan fingerprint density at radius 2 is 1.94 bits per heavy atom. The van der Waals surface area contributed by atoms with Gasteiger partial charge in [0.15, 0.2) is 6.29 Å². The van der Waals surface area contributed by atoms with Gasteiger partial charge in [0.2, 0.25) is 0 Å². The molecule has 0 bridgehead atoms. The molecule has 0 aromatic carbocycles. The lowest BCUT2D eigenvalue weighted by atomic mass is 10.1. The van der Waals surface area contributed by atoms with E-state index in [1.165, 1.54) is 6.42 Å². The van der Waals surface area contributed by atoms with Gasteiger partial charge in [0.25, 0.3) is 0 Å². The molecule has 96 valence electrons. The van der Waals surface area contributed by atoms with Crippen molar-refractivity contribution in [3.8, 4) is 0 Å².